The molecule has 122 valence electrons. The maximum atomic E-state index is 12.6. The van der Waals surface area contributed by atoms with Crippen LogP contribution in [0.2, 0.25) is 0 Å². The van der Waals surface area contributed by atoms with Crippen LogP contribution < -0.4 is 0 Å². The number of hydrogen-bond donors (Lipinski definition) is 1. The second-order valence-electron chi connectivity index (χ2n) is 5.38. The molecule has 0 aliphatic heterocycles. The normalized spacial score (nSPS) is 18.1. The fraction of sp³-hybridized carbons (Fsp3) is 0.500. The Kier molecular flexibility index (Phi) is 3.91. The molecule has 1 fully saturated rings. The molecule has 2 nitrogen and oxygen atoms in total. The zero-order valence-corrected chi connectivity index (χ0v) is 11.1. The van der Waals surface area contributed by atoms with Crippen molar-refractivity contribution < 1.29 is 36.2 Å². The van der Waals surface area contributed by atoms with Crippen molar-refractivity contribution in [3.8, 4) is 0 Å². The Morgan fingerprint density at radius 3 is 1.73 bits per heavy atom. The largest absolute Gasteiger partial charge is 0.481 e. The maximum absolute atomic E-state index is 12.6. The molecule has 0 heterocycles. The van der Waals surface area contributed by atoms with Gasteiger partial charge in [0.15, 0.2) is 5.92 Å². The number of hydrogen-bond acceptors (Lipinski definition) is 1. The van der Waals surface area contributed by atoms with Crippen LogP contribution in [0.25, 0.3) is 0 Å². The first-order valence-corrected chi connectivity index (χ1v) is 6.46. The minimum absolute atomic E-state index is 0.234. The van der Waals surface area contributed by atoms with Crippen molar-refractivity contribution in [3.63, 3.8) is 0 Å². The molecule has 1 aromatic carbocycles. The van der Waals surface area contributed by atoms with Crippen LogP contribution in [0.4, 0.5) is 26.3 Å². The van der Waals surface area contributed by atoms with E-state index in [4.69, 9.17) is 0 Å². The summed E-state index contributed by atoms with van der Waals surface area (Å²) in [6.07, 6.45) is -9.61. The number of aliphatic carboxylic acids is 1. The van der Waals surface area contributed by atoms with Gasteiger partial charge < -0.3 is 5.11 Å². The third-order valence-electron chi connectivity index (χ3n) is 4.07. The maximum Gasteiger partial charge on any atom is 0.404 e. The molecule has 0 spiro atoms. The van der Waals surface area contributed by atoms with Gasteiger partial charge in [0.2, 0.25) is 0 Å². The molecule has 1 aliphatic carbocycles. The zero-order chi connectivity index (χ0) is 16.8. The van der Waals surface area contributed by atoms with Gasteiger partial charge in [0.25, 0.3) is 0 Å². The standard InChI is InChI=1S/C14H12F6O2/c15-13(16,17)10(14(18,19)20)8-2-4-9(5-3-8)12(11(21)22)6-1-7-12/h2-5,10H,1,6-7H2,(H,21,22). The highest BCUT2D eigenvalue weighted by atomic mass is 19.4. The number of alkyl halides is 6. The first kappa shape index (κ1) is 16.6. The molecule has 0 unspecified atom stereocenters. The number of rotatable bonds is 3. The first-order valence-electron chi connectivity index (χ1n) is 6.46. The lowest BCUT2D eigenvalue weighted by Crippen LogP contribution is -2.42. The average Bonchev–Trinajstić information content (AvgIpc) is 2.25. The Morgan fingerprint density at radius 1 is 1.00 bits per heavy atom. The van der Waals surface area contributed by atoms with Gasteiger partial charge in [-0.2, -0.15) is 26.3 Å². The van der Waals surface area contributed by atoms with Gasteiger partial charge in [0.05, 0.1) is 5.41 Å². The van der Waals surface area contributed by atoms with E-state index in [1.165, 1.54) is 0 Å². The predicted molar refractivity (Wildman–Crippen MR) is 64.5 cm³/mol. The van der Waals surface area contributed by atoms with Gasteiger partial charge in [-0.15, -0.1) is 0 Å². The minimum Gasteiger partial charge on any atom is -0.481 e. The highest BCUT2D eigenvalue weighted by Crippen LogP contribution is 2.48. The molecule has 0 radical (unpaired) electrons. The highest BCUT2D eigenvalue weighted by molar-refractivity contribution is 5.82. The zero-order valence-electron chi connectivity index (χ0n) is 11.1. The van der Waals surface area contributed by atoms with E-state index in [9.17, 15) is 36.2 Å². The molecule has 1 N–H and O–H groups in total. The summed E-state index contributed by atoms with van der Waals surface area (Å²) in [5.41, 5.74) is -1.90. The van der Waals surface area contributed by atoms with Crippen LogP contribution in [0.1, 0.15) is 36.3 Å². The smallest absolute Gasteiger partial charge is 0.404 e. The summed E-state index contributed by atoms with van der Waals surface area (Å²) < 4.78 is 75.8. The van der Waals surface area contributed by atoms with Crippen LogP contribution in [0.3, 0.4) is 0 Å². The molecular formula is C14H12F6O2. The lowest BCUT2D eigenvalue weighted by molar-refractivity contribution is -0.253. The van der Waals surface area contributed by atoms with E-state index in [1.807, 2.05) is 0 Å². The van der Waals surface area contributed by atoms with Crippen LogP contribution in [0.5, 0.6) is 0 Å². The average molecular weight is 326 g/mol. The van der Waals surface area contributed by atoms with Crippen LogP contribution in [-0.4, -0.2) is 23.4 Å². The molecule has 1 aliphatic rings. The summed E-state index contributed by atoms with van der Waals surface area (Å²) in [6.45, 7) is 0. The van der Waals surface area contributed by atoms with Crippen molar-refractivity contribution in [3.05, 3.63) is 35.4 Å². The summed E-state index contributed by atoms with van der Waals surface area (Å²) in [7, 11) is 0. The van der Waals surface area contributed by atoms with Gasteiger partial charge >= 0.3 is 18.3 Å². The molecule has 1 aromatic rings. The van der Waals surface area contributed by atoms with Gasteiger partial charge in [-0.3, -0.25) is 4.79 Å². The Hall–Kier alpha value is -1.73. The summed E-state index contributed by atoms with van der Waals surface area (Å²) in [5.74, 6) is -4.69. The summed E-state index contributed by atoms with van der Waals surface area (Å²) in [6, 6.07) is 3.52. The van der Waals surface area contributed by atoms with Crippen molar-refractivity contribution in [1.82, 2.24) is 0 Å². The molecule has 0 aromatic heterocycles. The summed E-state index contributed by atoms with van der Waals surface area (Å²) in [5, 5.41) is 9.21. The number of carbonyl (C=O) groups is 1. The molecule has 22 heavy (non-hydrogen) atoms. The summed E-state index contributed by atoms with van der Waals surface area (Å²) in [4.78, 5) is 11.3. The van der Waals surface area contributed by atoms with Crippen molar-refractivity contribution in [1.29, 1.82) is 0 Å². The lowest BCUT2D eigenvalue weighted by atomic mass is 9.64. The summed E-state index contributed by atoms with van der Waals surface area (Å²) >= 11 is 0. The SMILES string of the molecule is O=C(O)C1(c2ccc(C(C(F)(F)F)C(F)(F)F)cc2)CCC1. The van der Waals surface area contributed by atoms with E-state index in [-0.39, 0.29) is 5.56 Å². The predicted octanol–water partition coefficient (Wildman–Crippen LogP) is 4.40. The third kappa shape index (κ3) is 2.78. The third-order valence-corrected chi connectivity index (χ3v) is 4.07. The van der Waals surface area contributed by atoms with Gasteiger partial charge in [-0.25, -0.2) is 0 Å². The second kappa shape index (κ2) is 5.17. The molecule has 0 amide bonds. The topological polar surface area (TPSA) is 37.3 Å². The van der Waals surface area contributed by atoms with E-state index in [0.717, 1.165) is 12.1 Å². The Morgan fingerprint density at radius 2 is 1.45 bits per heavy atom. The number of benzene rings is 1. The molecule has 0 bridgehead atoms. The fourth-order valence-electron chi connectivity index (χ4n) is 2.71. The monoisotopic (exact) mass is 326 g/mol. The molecule has 1 saturated carbocycles. The molecular weight excluding hydrogens is 314 g/mol. The van der Waals surface area contributed by atoms with E-state index < -0.39 is 35.2 Å². The van der Waals surface area contributed by atoms with E-state index >= 15 is 0 Å². The Bertz CT molecular complexity index is 540. The van der Waals surface area contributed by atoms with Crippen LogP contribution >= 0.6 is 0 Å². The molecule has 0 saturated heterocycles. The van der Waals surface area contributed by atoms with Crippen LogP contribution in [-0.2, 0) is 10.2 Å². The number of carboxylic acids is 1. The van der Waals surface area contributed by atoms with Gasteiger partial charge in [-0.1, -0.05) is 30.7 Å². The van der Waals surface area contributed by atoms with Gasteiger partial charge in [0, 0.05) is 0 Å². The lowest BCUT2D eigenvalue weighted by Gasteiger charge is -2.38. The fourth-order valence-corrected chi connectivity index (χ4v) is 2.71. The number of halogens is 6. The van der Waals surface area contributed by atoms with Crippen molar-refractivity contribution in [2.45, 2.75) is 42.9 Å². The van der Waals surface area contributed by atoms with E-state index in [2.05, 4.69) is 0 Å². The number of carboxylic acid groups (broad SMARTS) is 1. The van der Waals surface area contributed by atoms with Crippen LogP contribution in [0.15, 0.2) is 24.3 Å². The Balaban J connectivity index is 2.37. The first-order chi connectivity index (χ1) is 9.98. The molecule has 0 atom stereocenters. The van der Waals surface area contributed by atoms with Gasteiger partial charge in [-0.05, 0) is 24.0 Å². The highest BCUT2D eigenvalue weighted by Gasteiger charge is 2.57. The van der Waals surface area contributed by atoms with Gasteiger partial charge in [0.1, 0.15) is 0 Å². The van der Waals surface area contributed by atoms with Crippen molar-refractivity contribution in [2.24, 2.45) is 0 Å². The molecule has 8 heteroatoms. The van der Waals surface area contributed by atoms with Crippen LogP contribution in [0, 0.1) is 0 Å². The Labute approximate surface area is 121 Å². The molecule has 2 rings (SSSR count). The second-order valence-corrected chi connectivity index (χ2v) is 5.38. The van der Waals surface area contributed by atoms with E-state index in [0.29, 0.717) is 31.4 Å². The van der Waals surface area contributed by atoms with Crippen molar-refractivity contribution in [2.75, 3.05) is 0 Å². The quantitative estimate of drug-likeness (QED) is 0.836. The van der Waals surface area contributed by atoms with E-state index in [1.54, 1.807) is 0 Å². The van der Waals surface area contributed by atoms with Crippen molar-refractivity contribution >= 4 is 5.97 Å². The minimum atomic E-state index is -5.46.